The van der Waals surface area contributed by atoms with E-state index in [9.17, 15) is 9.59 Å². The monoisotopic (exact) mass is 387 g/mol. The average molecular weight is 388 g/mol. The van der Waals surface area contributed by atoms with E-state index >= 15 is 0 Å². The molecule has 2 fully saturated rings. The maximum Gasteiger partial charge on any atom is 0.254 e. The molecule has 1 saturated heterocycles. The molecule has 1 heterocycles. The van der Waals surface area contributed by atoms with E-state index in [4.69, 9.17) is 9.47 Å². The number of unbranched alkanes of at least 4 members (excludes halogenated alkanes) is 1. The molecular formula is C23H33NO4. The quantitative estimate of drug-likeness (QED) is 0.658. The number of piperidine rings is 1. The van der Waals surface area contributed by atoms with Gasteiger partial charge in [0.25, 0.3) is 5.91 Å². The van der Waals surface area contributed by atoms with Gasteiger partial charge in [-0.1, -0.05) is 38.0 Å². The number of ether oxygens (including phenoxy) is 2. The Kier molecular flexibility index (Phi) is 7.24. The van der Waals surface area contributed by atoms with Crippen molar-refractivity contribution < 1.29 is 19.1 Å². The normalized spacial score (nSPS) is 27.9. The molecule has 2 aliphatic rings. The summed E-state index contributed by atoms with van der Waals surface area (Å²) in [7, 11) is 1.63. The third-order valence-corrected chi connectivity index (χ3v) is 6.43. The van der Waals surface area contributed by atoms with E-state index in [0.29, 0.717) is 24.9 Å². The van der Waals surface area contributed by atoms with Gasteiger partial charge in [0.05, 0.1) is 11.6 Å². The minimum absolute atomic E-state index is 0.0252. The molecule has 5 nitrogen and oxygen atoms in total. The molecule has 154 valence electrons. The molecule has 1 spiro atoms. The predicted molar refractivity (Wildman–Crippen MR) is 108 cm³/mol. The Morgan fingerprint density at radius 1 is 1.29 bits per heavy atom. The fourth-order valence-electron chi connectivity index (χ4n) is 5.15. The number of rotatable bonds is 7. The van der Waals surface area contributed by atoms with E-state index in [0.717, 1.165) is 38.5 Å². The number of carbonyl (C=O) groups excluding carboxylic acids is 2. The Balaban J connectivity index is 1.96. The first-order valence-corrected chi connectivity index (χ1v) is 10.6. The van der Waals surface area contributed by atoms with E-state index in [1.807, 2.05) is 35.2 Å². The molecule has 1 aliphatic heterocycles. The SMILES string of the molecule is CCCC[C@H]1[C@H](OCOC)CCC[C@]12CC(=O)CCN2C(=O)c1ccccc1. The lowest BCUT2D eigenvalue weighted by Gasteiger charge is -2.55. The summed E-state index contributed by atoms with van der Waals surface area (Å²) in [6.07, 6.45) is 6.85. The van der Waals surface area contributed by atoms with Crippen molar-refractivity contribution in [1.82, 2.24) is 4.90 Å². The van der Waals surface area contributed by atoms with E-state index in [1.54, 1.807) is 7.11 Å². The van der Waals surface area contributed by atoms with Gasteiger partial charge in [-0.25, -0.2) is 0 Å². The molecule has 0 bridgehead atoms. The summed E-state index contributed by atoms with van der Waals surface area (Å²) >= 11 is 0. The summed E-state index contributed by atoms with van der Waals surface area (Å²) in [6, 6.07) is 9.46. The van der Waals surface area contributed by atoms with Crippen LogP contribution in [-0.4, -0.2) is 48.7 Å². The van der Waals surface area contributed by atoms with E-state index in [-0.39, 0.29) is 30.5 Å². The van der Waals surface area contributed by atoms with Crippen molar-refractivity contribution >= 4 is 11.7 Å². The van der Waals surface area contributed by atoms with Crippen molar-refractivity contribution in [2.24, 2.45) is 5.92 Å². The zero-order valence-corrected chi connectivity index (χ0v) is 17.2. The standard InChI is InChI=1S/C23H33NO4/c1-3-4-11-20-21(28-17-27-2)12-8-14-23(20)16-19(25)13-15-24(23)22(26)18-9-6-5-7-10-18/h5-7,9-10,20-21H,3-4,8,11-17H2,1-2H3/t20-,21+,23-/m0/s1. The zero-order chi connectivity index (χ0) is 20.0. The van der Waals surface area contributed by atoms with Crippen LogP contribution in [0.25, 0.3) is 0 Å². The number of likely N-dealkylation sites (tertiary alicyclic amines) is 1. The van der Waals surface area contributed by atoms with Gasteiger partial charge in [-0.15, -0.1) is 0 Å². The van der Waals surface area contributed by atoms with Gasteiger partial charge in [0.15, 0.2) is 0 Å². The van der Waals surface area contributed by atoms with Crippen LogP contribution >= 0.6 is 0 Å². The topological polar surface area (TPSA) is 55.8 Å². The number of Topliss-reactive ketones (excluding diaryl/α,β-unsaturated/α-hetero) is 1. The summed E-state index contributed by atoms with van der Waals surface area (Å²) in [4.78, 5) is 28.1. The summed E-state index contributed by atoms with van der Waals surface area (Å²) in [5.41, 5.74) is 0.263. The van der Waals surface area contributed by atoms with Gasteiger partial charge in [-0.3, -0.25) is 9.59 Å². The van der Waals surface area contributed by atoms with Crippen molar-refractivity contribution in [1.29, 1.82) is 0 Å². The van der Waals surface area contributed by atoms with E-state index in [1.165, 1.54) is 0 Å². The van der Waals surface area contributed by atoms with Gasteiger partial charge < -0.3 is 14.4 Å². The average Bonchev–Trinajstić information content (AvgIpc) is 2.72. The van der Waals surface area contributed by atoms with Gasteiger partial charge >= 0.3 is 0 Å². The molecule has 3 atom stereocenters. The first kappa shape index (κ1) is 21.0. The Morgan fingerprint density at radius 3 is 2.79 bits per heavy atom. The molecule has 0 N–H and O–H groups in total. The van der Waals surface area contributed by atoms with Gasteiger partial charge in [0, 0.05) is 38.0 Å². The Morgan fingerprint density at radius 2 is 2.07 bits per heavy atom. The first-order valence-electron chi connectivity index (χ1n) is 10.6. The summed E-state index contributed by atoms with van der Waals surface area (Å²) < 4.78 is 11.2. The fourth-order valence-corrected chi connectivity index (χ4v) is 5.15. The molecule has 1 aromatic rings. The molecule has 0 unspecified atom stereocenters. The number of nitrogens with zero attached hydrogens (tertiary/aromatic N) is 1. The second-order valence-electron chi connectivity index (χ2n) is 8.14. The molecular weight excluding hydrogens is 354 g/mol. The number of methoxy groups -OCH3 is 1. The van der Waals surface area contributed by atoms with E-state index in [2.05, 4.69) is 6.92 Å². The van der Waals surface area contributed by atoms with Crippen LogP contribution < -0.4 is 0 Å². The number of hydrogen-bond donors (Lipinski definition) is 0. The molecule has 1 saturated carbocycles. The lowest BCUT2D eigenvalue weighted by atomic mass is 9.64. The smallest absolute Gasteiger partial charge is 0.254 e. The van der Waals surface area contributed by atoms with Crippen LogP contribution in [0.2, 0.25) is 0 Å². The predicted octanol–water partition coefficient (Wildman–Crippen LogP) is 4.21. The van der Waals surface area contributed by atoms with Crippen LogP contribution in [0, 0.1) is 5.92 Å². The molecule has 5 heteroatoms. The van der Waals surface area contributed by atoms with Gasteiger partial charge in [0.1, 0.15) is 12.6 Å². The summed E-state index contributed by atoms with van der Waals surface area (Å²) in [6.45, 7) is 2.94. The van der Waals surface area contributed by atoms with Crippen LogP contribution in [0.1, 0.15) is 68.6 Å². The van der Waals surface area contributed by atoms with Gasteiger partial charge in [-0.05, 0) is 37.8 Å². The highest BCUT2D eigenvalue weighted by Crippen LogP contribution is 2.47. The van der Waals surface area contributed by atoms with Gasteiger partial charge in [0.2, 0.25) is 0 Å². The van der Waals surface area contributed by atoms with Crippen molar-refractivity contribution in [3.05, 3.63) is 35.9 Å². The van der Waals surface area contributed by atoms with Crippen LogP contribution in [0.3, 0.4) is 0 Å². The third-order valence-electron chi connectivity index (χ3n) is 6.43. The lowest BCUT2D eigenvalue weighted by molar-refractivity contribution is -0.152. The van der Waals surface area contributed by atoms with Crippen LogP contribution in [0.4, 0.5) is 0 Å². The molecule has 28 heavy (non-hydrogen) atoms. The molecule has 0 aromatic heterocycles. The number of ketones is 1. The Hall–Kier alpha value is -1.72. The van der Waals surface area contributed by atoms with Crippen molar-refractivity contribution in [2.75, 3.05) is 20.4 Å². The second kappa shape index (κ2) is 9.66. The van der Waals surface area contributed by atoms with Gasteiger partial charge in [-0.2, -0.15) is 0 Å². The highest BCUT2D eigenvalue weighted by Gasteiger charge is 2.53. The highest BCUT2D eigenvalue weighted by molar-refractivity contribution is 5.96. The number of amides is 1. The van der Waals surface area contributed by atoms with Crippen molar-refractivity contribution in [3.63, 3.8) is 0 Å². The maximum atomic E-state index is 13.5. The lowest BCUT2D eigenvalue weighted by Crippen LogP contribution is -2.64. The molecule has 3 rings (SSSR count). The zero-order valence-electron chi connectivity index (χ0n) is 17.2. The molecule has 1 aliphatic carbocycles. The van der Waals surface area contributed by atoms with Crippen molar-refractivity contribution in [3.8, 4) is 0 Å². The maximum absolute atomic E-state index is 13.5. The first-order chi connectivity index (χ1) is 13.6. The molecule has 0 radical (unpaired) electrons. The van der Waals surface area contributed by atoms with Crippen molar-refractivity contribution in [2.45, 2.75) is 69.9 Å². The van der Waals surface area contributed by atoms with Crippen LogP contribution in [0.5, 0.6) is 0 Å². The summed E-state index contributed by atoms with van der Waals surface area (Å²) in [5.74, 6) is 0.473. The second-order valence-corrected chi connectivity index (χ2v) is 8.14. The number of carbonyl (C=O) groups is 2. The summed E-state index contributed by atoms with van der Waals surface area (Å²) in [5, 5.41) is 0. The third kappa shape index (κ3) is 4.31. The Labute approximate surface area is 168 Å². The number of benzene rings is 1. The van der Waals surface area contributed by atoms with Crippen LogP contribution in [-0.2, 0) is 14.3 Å². The Bertz CT molecular complexity index is 662. The van der Waals surface area contributed by atoms with E-state index < -0.39 is 5.54 Å². The highest BCUT2D eigenvalue weighted by atomic mass is 16.7. The number of hydrogen-bond acceptors (Lipinski definition) is 4. The minimum atomic E-state index is -0.436. The minimum Gasteiger partial charge on any atom is -0.359 e. The largest absolute Gasteiger partial charge is 0.359 e. The fraction of sp³-hybridized carbons (Fsp3) is 0.652. The molecule has 1 amide bonds. The van der Waals surface area contributed by atoms with Crippen LogP contribution in [0.15, 0.2) is 30.3 Å². The molecule has 1 aromatic carbocycles.